The van der Waals surface area contributed by atoms with Crippen LogP contribution in [0.25, 0.3) is 0 Å². The fourth-order valence-corrected chi connectivity index (χ4v) is 1.20. The van der Waals surface area contributed by atoms with Crippen molar-refractivity contribution < 1.29 is 9.50 Å². The summed E-state index contributed by atoms with van der Waals surface area (Å²) in [5.74, 6) is -0.621. The lowest BCUT2D eigenvalue weighted by Gasteiger charge is -2.01. The molecule has 1 heterocycles. The van der Waals surface area contributed by atoms with Crippen molar-refractivity contribution >= 4 is 23.2 Å². The van der Waals surface area contributed by atoms with Gasteiger partial charge in [-0.3, -0.25) is 0 Å². The summed E-state index contributed by atoms with van der Waals surface area (Å²) < 4.78 is 12.7. The standard InChI is InChI=1S/C7H6Cl2FNO/c8-6-4(1-2-12)3-5(10)7(9)11-6/h3,12H,1-2H2. The van der Waals surface area contributed by atoms with Crippen molar-refractivity contribution in [3.05, 3.63) is 27.8 Å². The van der Waals surface area contributed by atoms with Gasteiger partial charge >= 0.3 is 0 Å². The van der Waals surface area contributed by atoms with Gasteiger partial charge in [-0.1, -0.05) is 23.2 Å². The number of aliphatic hydroxyl groups is 1. The van der Waals surface area contributed by atoms with Crippen molar-refractivity contribution in [3.8, 4) is 0 Å². The molecular weight excluding hydrogens is 204 g/mol. The molecule has 2 nitrogen and oxygen atoms in total. The number of pyridine rings is 1. The van der Waals surface area contributed by atoms with Gasteiger partial charge in [-0.2, -0.15) is 0 Å². The maximum Gasteiger partial charge on any atom is 0.166 e. The maximum atomic E-state index is 12.7. The first-order chi connectivity index (χ1) is 5.65. The van der Waals surface area contributed by atoms with Crippen LogP contribution >= 0.6 is 23.2 Å². The predicted molar refractivity (Wildman–Crippen MR) is 45.0 cm³/mol. The van der Waals surface area contributed by atoms with Gasteiger partial charge in [-0.15, -0.1) is 0 Å². The van der Waals surface area contributed by atoms with Crippen molar-refractivity contribution in [1.82, 2.24) is 4.98 Å². The summed E-state index contributed by atoms with van der Waals surface area (Å²) in [4.78, 5) is 3.54. The molecular formula is C7H6Cl2FNO. The van der Waals surface area contributed by atoms with Gasteiger partial charge in [-0.05, 0) is 18.1 Å². The van der Waals surface area contributed by atoms with Gasteiger partial charge in [0.05, 0.1) is 0 Å². The minimum Gasteiger partial charge on any atom is -0.396 e. The van der Waals surface area contributed by atoms with Crippen LogP contribution < -0.4 is 0 Å². The van der Waals surface area contributed by atoms with Crippen LogP contribution in [0.15, 0.2) is 6.07 Å². The molecule has 0 unspecified atom stereocenters. The number of rotatable bonds is 2. The molecule has 1 aromatic rings. The molecule has 0 radical (unpaired) electrons. The normalized spacial score (nSPS) is 10.3. The van der Waals surface area contributed by atoms with Crippen molar-refractivity contribution in [2.75, 3.05) is 6.61 Å². The van der Waals surface area contributed by atoms with E-state index in [4.69, 9.17) is 28.3 Å². The van der Waals surface area contributed by atoms with Crippen LogP contribution in [-0.4, -0.2) is 16.7 Å². The fraction of sp³-hybridized carbons (Fsp3) is 0.286. The van der Waals surface area contributed by atoms with Crippen LogP contribution in [0.1, 0.15) is 5.56 Å². The highest BCUT2D eigenvalue weighted by atomic mass is 35.5. The van der Waals surface area contributed by atoms with E-state index in [-0.39, 0.29) is 23.3 Å². The molecule has 0 aliphatic rings. The molecule has 66 valence electrons. The fourth-order valence-electron chi connectivity index (χ4n) is 0.779. The third-order valence-electron chi connectivity index (χ3n) is 1.34. The average Bonchev–Trinajstić information content (AvgIpc) is 2.01. The summed E-state index contributed by atoms with van der Waals surface area (Å²) in [5, 5.41) is 8.45. The highest BCUT2D eigenvalue weighted by Gasteiger charge is 2.07. The molecule has 0 spiro atoms. The molecule has 0 aliphatic carbocycles. The van der Waals surface area contributed by atoms with Crippen LogP contribution in [0, 0.1) is 5.82 Å². The zero-order valence-corrected chi connectivity index (χ0v) is 7.53. The molecule has 1 rings (SSSR count). The number of aromatic nitrogens is 1. The quantitative estimate of drug-likeness (QED) is 0.757. The molecule has 0 fully saturated rings. The number of halogens is 3. The first kappa shape index (κ1) is 9.71. The van der Waals surface area contributed by atoms with E-state index in [2.05, 4.69) is 4.98 Å². The lowest BCUT2D eigenvalue weighted by Crippen LogP contribution is -1.96. The Kier molecular flexibility index (Phi) is 3.26. The second-order valence-electron chi connectivity index (χ2n) is 2.18. The first-order valence-electron chi connectivity index (χ1n) is 3.26. The lowest BCUT2D eigenvalue weighted by atomic mass is 10.2. The van der Waals surface area contributed by atoms with E-state index in [1.165, 1.54) is 6.07 Å². The van der Waals surface area contributed by atoms with Crippen LogP contribution in [0.3, 0.4) is 0 Å². The lowest BCUT2D eigenvalue weighted by molar-refractivity contribution is 0.299. The average molecular weight is 210 g/mol. The van der Waals surface area contributed by atoms with Crippen LogP contribution in [0.5, 0.6) is 0 Å². The van der Waals surface area contributed by atoms with Crippen molar-refractivity contribution in [2.24, 2.45) is 0 Å². The number of hydrogen-bond donors (Lipinski definition) is 1. The zero-order valence-electron chi connectivity index (χ0n) is 6.02. The Bertz CT molecular complexity index is 293. The van der Waals surface area contributed by atoms with Gasteiger partial charge in [0.15, 0.2) is 11.0 Å². The SMILES string of the molecule is OCCc1cc(F)c(Cl)nc1Cl. The summed E-state index contributed by atoms with van der Waals surface area (Å²) >= 11 is 11.0. The molecule has 0 aromatic carbocycles. The molecule has 0 saturated heterocycles. The summed E-state index contributed by atoms with van der Waals surface area (Å²) in [6, 6.07) is 1.17. The van der Waals surface area contributed by atoms with Crippen molar-refractivity contribution in [3.63, 3.8) is 0 Å². The van der Waals surface area contributed by atoms with Crippen LogP contribution in [-0.2, 0) is 6.42 Å². The molecule has 0 bridgehead atoms. The van der Waals surface area contributed by atoms with Crippen molar-refractivity contribution in [2.45, 2.75) is 6.42 Å². The van der Waals surface area contributed by atoms with E-state index in [1.807, 2.05) is 0 Å². The monoisotopic (exact) mass is 209 g/mol. The third-order valence-corrected chi connectivity index (χ3v) is 1.93. The number of nitrogens with zero attached hydrogens (tertiary/aromatic N) is 1. The number of aliphatic hydroxyl groups excluding tert-OH is 1. The van der Waals surface area contributed by atoms with Gasteiger partial charge in [0.25, 0.3) is 0 Å². The molecule has 1 aromatic heterocycles. The molecule has 1 N–H and O–H groups in total. The molecule has 12 heavy (non-hydrogen) atoms. The Morgan fingerprint density at radius 3 is 2.67 bits per heavy atom. The van der Waals surface area contributed by atoms with Crippen LogP contribution in [0.2, 0.25) is 10.3 Å². The molecule has 0 aliphatic heterocycles. The van der Waals surface area contributed by atoms with Crippen LogP contribution in [0.4, 0.5) is 4.39 Å². The highest BCUT2D eigenvalue weighted by molar-refractivity contribution is 6.32. The Labute approximate surface area is 78.9 Å². The van der Waals surface area contributed by atoms with Gasteiger partial charge in [0.1, 0.15) is 5.15 Å². The third kappa shape index (κ3) is 2.06. The van der Waals surface area contributed by atoms with Gasteiger partial charge in [0, 0.05) is 6.61 Å². The summed E-state index contributed by atoms with van der Waals surface area (Å²) in [7, 11) is 0. The van der Waals surface area contributed by atoms with Gasteiger partial charge < -0.3 is 5.11 Å². The van der Waals surface area contributed by atoms with Gasteiger partial charge in [0.2, 0.25) is 0 Å². The Morgan fingerprint density at radius 1 is 1.42 bits per heavy atom. The maximum absolute atomic E-state index is 12.7. The second kappa shape index (κ2) is 4.03. The van der Waals surface area contributed by atoms with E-state index in [1.54, 1.807) is 0 Å². The van der Waals surface area contributed by atoms with E-state index in [9.17, 15) is 4.39 Å². The smallest absolute Gasteiger partial charge is 0.166 e. The second-order valence-corrected chi connectivity index (χ2v) is 2.90. The summed E-state index contributed by atoms with van der Waals surface area (Å²) in [5.41, 5.74) is 0.459. The minimum atomic E-state index is -0.621. The topological polar surface area (TPSA) is 33.1 Å². The van der Waals surface area contributed by atoms with E-state index >= 15 is 0 Å². The Morgan fingerprint density at radius 2 is 2.08 bits per heavy atom. The first-order valence-corrected chi connectivity index (χ1v) is 4.02. The zero-order chi connectivity index (χ0) is 9.14. The van der Waals surface area contributed by atoms with E-state index < -0.39 is 5.82 Å². The minimum absolute atomic E-state index is 0.0948. The Balaban J connectivity index is 3.05. The van der Waals surface area contributed by atoms with Crippen molar-refractivity contribution in [1.29, 1.82) is 0 Å². The summed E-state index contributed by atoms with van der Waals surface area (Å²) in [6.07, 6.45) is 0.278. The predicted octanol–water partition coefficient (Wildman–Crippen LogP) is 2.06. The molecule has 5 heteroatoms. The summed E-state index contributed by atoms with van der Waals surface area (Å²) in [6.45, 7) is -0.0948. The van der Waals surface area contributed by atoms with E-state index in [0.29, 0.717) is 5.56 Å². The molecule has 0 amide bonds. The van der Waals surface area contributed by atoms with E-state index in [0.717, 1.165) is 0 Å². The molecule has 0 saturated carbocycles. The Hall–Kier alpha value is -0.380. The highest BCUT2D eigenvalue weighted by Crippen LogP contribution is 2.20. The largest absolute Gasteiger partial charge is 0.396 e. The number of hydrogen-bond acceptors (Lipinski definition) is 2. The molecule has 0 atom stereocenters. The van der Waals surface area contributed by atoms with Gasteiger partial charge in [-0.25, -0.2) is 9.37 Å².